The number of carboxylic acid groups (broad SMARTS) is 1. The molecular formula is C13H14N2O3. The lowest BCUT2D eigenvalue weighted by Crippen LogP contribution is -2.14. The molecule has 1 atom stereocenters. The van der Waals surface area contributed by atoms with Gasteiger partial charge in [-0.3, -0.25) is 4.79 Å². The van der Waals surface area contributed by atoms with Crippen LogP contribution in [0.2, 0.25) is 0 Å². The van der Waals surface area contributed by atoms with Crippen molar-refractivity contribution in [1.82, 2.24) is 4.98 Å². The number of pyridine rings is 1. The van der Waals surface area contributed by atoms with Gasteiger partial charge in [-0.05, 0) is 29.1 Å². The standard InChI is InChI=1S/C13H14N2O3/c1-18-13-10-3-2-9(11(14)7-12(16)17)6-8(10)4-5-15-13/h2-6,11H,7,14H2,1H3,(H,16,17). The third kappa shape index (κ3) is 2.41. The lowest BCUT2D eigenvalue weighted by Gasteiger charge is -2.11. The molecule has 1 aromatic heterocycles. The molecule has 0 aliphatic carbocycles. The molecule has 0 saturated heterocycles. The van der Waals surface area contributed by atoms with Crippen LogP contribution in [-0.4, -0.2) is 23.2 Å². The second kappa shape index (κ2) is 5.01. The summed E-state index contributed by atoms with van der Waals surface area (Å²) in [7, 11) is 1.56. The Morgan fingerprint density at radius 3 is 2.94 bits per heavy atom. The number of carboxylic acids is 1. The minimum atomic E-state index is -0.907. The average Bonchev–Trinajstić information content (AvgIpc) is 2.36. The molecule has 5 heteroatoms. The van der Waals surface area contributed by atoms with Crippen molar-refractivity contribution in [3.8, 4) is 5.88 Å². The zero-order chi connectivity index (χ0) is 13.1. The van der Waals surface area contributed by atoms with E-state index in [-0.39, 0.29) is 6.42 Å². The van der Waals surface area contributed by atoms with Gasteiger partial charge < -0.3 is 15.6 Å². The molecule has 0 amide bonds. The molecule has 0 spiro atoms. The number of aliphatic carboxylic acids is 1. The van der Waals surface area contributed by atoms with Gasteiger partial charge in [0.15, 0.2) is 0 Å². The van der Waals surface area contributed by atoms with Crippen LogP contribution in [0.15, 0.2) is 30.5 Å². The zero-order valence-corrected chi connectivity index (χ0v) is 9.96. The summed E-state index contributed by atoms with van der Waals surface area (Å²) in [5.41, 5.74) is 6.62. The smallest absolute Gasteiger partial charge is 0.305 e. The quantitative estimate of drug-likeness (QED) is 0.857. The van der Waals surface area contributed by atoms with E-state index in [9.17, 15) is 4.79 Å². The maximum atomic E-state index is 10.6. The molecule has 5 nitrogen and oxygen atoms in total. The fourth-order valence-corrected chi connectivity index (χ4v) is 1.87. The molecule has 1 unspecified atom stereocenters. The van der Waals surface area contributed by atoms with Crippen LogP contribution in [0.1, 0.15) is 18.0 Å². The number of methoxy groups -OCH3 is 1. The Morgan fingerprint density at radius 2 is 2.28 bits per heavy atom. The first-order valence-electron chi connectivity index (χ1n) is 5.52. The van der Waals surface area contributed by atoms with Crippen molar-refractivity contribution in [2.24, 2.45) is 5.73 Å². The third-order valence-electron chi connectivity index (χ3n) is 2.77. The van der Waals surface area contributed by atoms with Crippen LogP contribution in [0, 0.1) is 0 Å². The molecule has 3 N–H and O–H groups in total. The van der Waals surface area contributed by atoms with E-state index in [0.717, 1.165) is 16.3 Å². The summed E-state index contributed by atoms with van der Waals surface area (Å²) in [6.07, 6.45) is 1.56. The van der Waals surface area contributed by atoms with Crippen molar-refractivity contribution in [3.63, 3.8) is 0 Å². The van der Waals surface area contributed by atoms with Crippen molar-refractivity contribution in [1.29, 1.82) is 0 Å². The van der Waals surface area contributed by atoms with Crippen molar-refractivity contribution >= 4 is 16.7 Å². The second-order valence-corrected chi connectivity index (χ2v) is 4.01. The van der Waals surface area contributed by atoms with E-state index in [1.165, 1.54) is 0 Å². The van der Waals surface area contributed by atoms with E-state index in [1.54, 1.807) is 19.4 Å². The summed E-state index contributed by atoms with van der Waals surface area (Å²) in [5.74, 6) is -0.360. The maximum Gasteiger partial charge on any atom is 0.305 e. The number of nitrogens with two attached hydrogens (primary N) is 1. The molecule has 0 saturated carbocycles. The number of hydrogen-bond donors (Lipinski definition) is 2. The highest BCUT2D eigenvalue weighted by molar-refractivity contribution is 5.87. The summed E-state index contributed by atoms with van der Waals surface area (Å²) in [6.45, 7) is 0. The van der Waals surface area contributed by atoms with Gasteiger partial charge in [-0.15, -0.1) is 0 Å². The maximum absolute atomic E-state index is 10.6. The van der Waals surface area contributed by atoms with Crippen molar-refractivity contribution in [3.05, 3.63) is 36.0 Å². The minimum absolute atomic E-state index is 0.0896. The van der Waals surface area contributed by atoms with Crippen molar-refractivity contribution in [2.75, 3.05) is 7.11 Å². The first-order chi connectivity index (χ1) is 8.61. The normalized spacial score (nSPS) is 12.3. The molecule has 0 fully saturated rings. The largest absolute Gasteiger partial charge is 0.481 e. The highest BCUT2D eigenvalue weighted by Gasteiger charge is 2.12. The molecule has 0 aliphatic rings. The van der Waals surface area contributed by atoms with Gasteiger partial charge in [0, 0.05) is 17.6 Å². The molecule has 1 aromatic carbocycles. The molecule has 0 aliphatic heterocycles. The van der Waals surface area contributed by atoms with E-state index < -0.39 is 12.0 Å². The lowest BCUT2D eigenvalue weighted by atomic mass is 10.0. The zero-order valence-electron chi connectivity index (χ0n) is 9.96. The van der Waals surface area contributed by atoms with E-state index >= 15 is 0 Å². The van der Waals surface area contributed by atoms with Gasteiger partial charge in [-0.25, -0.2) is 4.98 Å². The van der Waals surface area contributed by atoms with E-state index in [2.05, 4.69) is 4.98 Å². The first kappa shape index (κ1) is 12.3. The van der Waals surface area contributed by atoms with Crippen LogP contribution in [0.5, 0.6) is 5.88 Å². The number of benzene rings is 1. The van der Waals surface area contributed by atoms with Crippen LogP contribution >= 0.6 is 0 Å². The van der Waals surface area contributed by atoms with Gasteiger partial charge in [0.2, 0.25) is 5.88 Å². The van der Waals surface area contributed by atoms with Gasteiger partial charge in [0.1, 0.15) is 0 Å². The van der Waals surface area contributed by atoms with Crippen LogP contribution in [0.3, 0.4) is 0 Å². The number of carbonyl (C=O) groups is 1. The third-order valence-corrected chi connectivity index (χ3v) is 2.77. The molecule has 0 bridgehead atoms. The van der Waals surface area contributed by atoms with Crippen molar-refractivity contribution in [2.45, 2.75) is 12.5 Å². The topological polar surface area (TPSA) is 85.4 Å². The van der Waals surface area contributed by atoms with Gasteiger partial charge in [0.25, 0.3) is 0 Å². The molecule has 2 aromatic rings. The van der Waals surface area contributed by atoms with E-state index in [0.29, 0.717) is 5.88 Å². The average molecular weight is 246 g/mol. The minimum Gasteiger partial charge on any atom is -0.481 e. The summed E-state index contributed by atoms with van der Waals surface area (Å²) in [6, 6.07) is 6.85. The highest BCUT2D eigenvalue weighted by Crippen LogP contribution is 2.26. The van der Waals surface area contributed by atoms with Gasteiger partial charge in [0.05, 0.1) is 13.5 Å². The molecule has 2 rings (SSSR count). The summed E-state index contributed by atoms with van der Waals surface area (Å²) >= 11 is 0. The molecule has 0 radical (unpaired) electrons. The number of rotatable bonds is 4. The van der Waals surface area contributed by atoms with Crippen LogP contribution in [0.25, 0.3) is 10.8 Å². The molecular weight excluding hydrogens is 232 g/mol. The summed E-state index contributed by atoms with van der Waals surface area (Å²) in [4.78, 5) is 14.7. The van der Waals surface area contributed by atoms with Gasteiger partial charge in [-0.2, -0.15) is 0 Å². The number of ether oxygens (including phenoxy) is 1. The SMILES string of the molecule is COc1nccc2cc(C(N)CC(=O)O)ccc12. The summed E-state index contributed by atoms with van der Waals surface area (Å²) < 4.78 is 5.16. The van der Waals surface area contributed by atoms with E-state index in [4.69, 9.17) is 15.6 Å². The first-order valence-corrected chi connectivity index (χ1v) is 5.52. The second-order valence-electron chi connectivity index (χ2n) is 4.01. The fraction of sp³-hybridized carbons (Fsp3) is 0.231. The molecule has 94 valence electrons. The van der Waals surface area contributed by atoms with Crippen LogP contribution in [0.4, 0.5) is 0 Å². The van der Waals surface area contributed by atoms with E-state index in [1.807, 2.05) is 18.2 Å². The predicted molar refractivity (Wildman–Crippen MR) is 67.5 cm³/mol. The Kier molecular flexibility index (Phi) is 3.43. The number of aromatic nitrogens is 1. The summed E-state index contributed by atoms with van der Waals surface area (Å²) in [5, 5.41) is 10.5. The Hall–Kier alpha value is -2.14. The number of fused-ring (bicyclic) bond motifs is 1. The molecule has 1 heterocycles. The Morgan fingerprint density at radius 1 is 1.50 bits per heavy atom. The van der Waals surface area contributed by atoms with Crippen LogP contribution in [-0.2, 0) is 4.79 Å². The molecule has 18 heavy (non-hydrogen) atoms. The van der Waals surface area contributed by atoms with Crippen LogP contribution < -0.4 is 10.5 Å². The lowest BCUT2D eigenvalue weighted by molar-refractivity contribution is -0.137. The Labute approximate surface area is 104 Å². The Bertz CT molecular complexity index is 583. The Balaban J connectivity index is 2.42. The van der Waals surface area contributed by atoms with Gasteiger partial charge in [-0.1, -0.05) is 6.07 Å². The number of hydrogen-bond acceptors (Lipinski definition) is 4. The van der Waals surface area contributed by atoms with Gasteiger partial charge >= 0.3 is 5.97 Å². The number of nitrogens with zero attached hydrogens (tertiary/aromatic N) is 1. The monoisotopic (exact) mass is 246 g/mol. The predicted octanol–water partition coefficient (Wildman–Crippen LogP) is 1.72. The highest BCUT2D eigenvalue weighted by atomic mass is 16.5. The van der Waals surface area contributed by atoms with Crippen molar-refractivity contribution < 1.29 is 14.6 Å². The fourth-order valence-electron chi connectivity index (χ4n) is 1.87.